The van der Waals surface area contributed by atoms with Crippen LogP contribution in [0.1, 0.15) is 108 Å². The molecule has 0 unspecified atom stereocenters. The third kappa shape index (κ3) is 6.13. The van der Waals surface area contributed by atoms with Crippen LogP contribution >= 0.6 is 0 Å². The predicted octanol–water partition coefficient (Wildman–Crippen LogP) is 6.37. The number of phenols is 3. The van der Waals surface area contributed by atoms with Crippen LogP contribution in [0.5, 0.6) is 17.2 Å². The third-order valence-electron chi connectivity index (χ3n) is 9.97. The van der Waals surface area contributed by atoms with Gasteiger partial charge in [-0.2, -0.15) is 0 Å². The zero-order chi connectivity index (χ0) is 34.4. The molecule has 0 aromatic heterocycles. The summed E-state index contributed by atoms with van der Waals surface area (Å²) in [5.41, 5.74) is 6.66. The van der Waals surface area contributed by atoms with Crippen molar-refractivity contribution in [3.05, 3.63) is 121 Å². The van der Waals surface area contributed by atoms with Crippen LogP contribution in [-0.4, -0.2) is 35.7 Å². The molecule has 0 bridgehead atoms. The van der Waals surface area contributed by atoms with Gasteiger partial charge in [0, 0.05) is 38.5 Å². The van der Waals surface area contributed by atoms with E-state index in [0.717, 1.165) is 33.4 Å². The molecule has 7 N–H and O–H groups in total. The molecule has 0 saturated carbocycles. The number of rotatable bonds is 10. The Morgan fingerprint density at radius 3 is 0.848 bits per heavy atom. The Hall–Kier alpha value is -3.88. The van der Waals surface area contributed by atoms with Crippen LogP contribution < -0.4 is 0 Å². The van der Waals surface area contributed by atoms with Crippen LogP contribution in [0.15, 0.2) is 54.6 Å². The molecule has 0 spiro atoms. The maximum atomic E-state index is 10.6. The third-order valence-corrected chi connectivity index (χ3v) is 9.97. The molecule has 0 radical (unpaired) electrons. The summed E-state index contributed by atoms with van der Waals surface area (Å²) in [5, 5.41) is 71.7. The maximum Gasteiger partial charge on any atom is 0.126 e. The van der Waals surface area contributed by atoms with E-state index in [1.165, 1.54) is 0 Å². The monoisotopic (exact) mass is 628 g/mol. The van der Waals surface area contributed by atoms with Gasteiger partial charge in [-0.15, -0.1) is 0 Å². The lowest BCUT2D eigenvalue weighted by Crippen LogP contribution is -2.27. The lowest BCUT2D eigenvalue weighted by Gasteiger charge is -2.36. The molecule has 0 heterocycles. The molecule has 4 rings (SSSR count). The molecule has 4 aromatic rings. The molecule has 7 heteroatoms. The van der Waals surface area contributed by atoms with Gasteiger partial charge in [-0.3, -0.25) is 0 Å². The fourth-order valence-electron chi connectivity index (χ4n) is 6.24. The van der Waals surface area contributed by atoms with Gasteiger partial charge in [0.25, 0.3) is 0 Å². The Morgan fingerprint density at radius 2 is 0.587 bits per heavy atom. The highest BCUT2D eigenvalue weighted by atomic mass is 16.3. The summed E-state index contributed by atoms with van der Waals surface area (Å²) >= 11 is 0. The van der Waals surface area contributed by atoms with Crippen molar-refractivity contribution < 1.29 is 35.7 Å². The summed E-state index contributed by atoms with van der Waals surface area (Å²) in [6.07, 6.45) is 0. The number of hydrogen-bond acceptors (Lipinski definition) is 7. The van der Waals surface area contributed by atoms with Gasteiger partial charge < -0.3 is 35.7 Å². The van der Waals surface area contributed by atoms with E-state index in [1.54, 1.807) is 12.1 Å². The van der Waals surface area contributed by atoms with Crippen LogP contribution in [0.2, 0.25) is 0 Å². The quantitative estimate of drug-likeness (QED) is 0.108. The summed E-state index contributed by atoms with van der Waals surface area (Å²) in [4.78, 5) is 0. The van der Waals surface area contributed by atoms with Crippen molar-refractivity contribution in [1.82, 2.24) is 0 Å². The topological polar surface area (TPSA) is 142 Å². The lowest BCUT2D eigenvalue weighted by molar-refractivity contribution is 0.263. The summed E-state index contributed by atoms with van der Waals surface area (Å²) in [6.45, 7) is 14.8. The van der Waals surface area contributed by atoms with E-state index in [2.05, 4.69) is 59.7 Å². The highest BCUT2D eigenvalue weighted by molar-refractivity contribution is 5.55. The molecule has 0 amide bonds. The molecule has 0 saturated heterocycles. The largest absolute Gasteiger partial charge is 0.507 e. The van der Waals surface area contributed by atoms with Gasteiger partial charge in [0.15, 0.2) is 0 Å². The number of aliphatic hydroxyl groups excluding tert-OH is 4. The second kappa shape index (κ2) is 12.7. The molecule has 0 aliphatic rings. The Morgan fingerprint density at radius 1 is 0.370 bits per heavy atom. The van der Waals surface area contributed by atoms with Crippen LogP contribution in [-0.2, 0) is 42.7 Å². The van der Waals surface area contributed by atoms with E-state index in [-0.39, 0.29) is 43.7 Å². The highest BCUT2D eigenvalue weighted by Gasteiger charge is 2.34. The second-order valence-electron chi connectivity index (χ2n) is 14.1. The van der Waals surface area contributed by atoms with E-state index in [1.807, 2.05) is 38.1 Å². The van der Waals surface area contributed by atoms with Crippen molar-refractivity contribution in [3.63, 3.8) is 0 Å². The minimum absolute atomic E-state index is 0.0767. The van der Waals surface area contributed by atoms with Crippen molar-refractivity contribution in [2.24, 2.45) is 0 Å². The average molecular weight is 629 g/mol. The summed E-state index contributed by atoms with van der Waals surface area (Å²) in [5.74, 6) is 0.0340. The van der Waals surface area contributed by atoms with Gasteiger partial charge in [0.2, 0.25) is 0 Å². The fraction of sp³-hybridized carbons (Fsp3) is 0.385. The minimum Gasteiger partial charge on any atom is -0.507 e. The van der Waals surface area contributed by atoms with Crippen LogP contribution in [0.25, 0.3) is 0 Å². The fourth-order valence-corrected chi connectivity index (χ4v) is 6.24. The van der Waals surface area contributed by atoms with E-state index in [9.17, 15) is 35.7 Å². The summed E-state index contributed by atoms with van der Waals surface area (Å²) in [6, 6.07) is 17.5. The van der Waals surface area contributed by atoms with Crippen molar-refractivity contribution in [1.29, 1.82) is 0 Å². The molecule has 46 heavy (non-hydrogen) atoms. The molecule has 7 nitrogen and oxygen atoms in total. The van der Waals surface area contributed by atoms with Crippen molar-refractivity contribution in [2.75, 3.05) is 0 Å². The van der Waals surface area contributed by atoms with Crippen molar-refractivity contribution in [3.8, 4) is 17.2 Å². The molecule has 4 aromatic carbocycles. The summed E-state index contributed by atoms with van der Waals surface area (Å²) < 4.78 is 0. The zero-order valence-electron chi connectivity index (χ0n) is 28.2. The minimum atomic E-state index is -0.652. The smallest absolute Gasteiger partial charge is 0.126 e. The number of hydrogen-bond donors (Lipinski definition) is 7. The molecular weight excluding hydrogens is 580 g/mol. The van der Waals surface area contributed by atoms with E-state index in [0.29, 0.717) is 33.4 Å². The molecular formula is C39H48O7. The number of aromatic hydroxyl groups is 3. The molecule has 0 fully saturated rings. The van der Waals surface area contributed by atoms with E-state index < -0.39 is 16.2 Å². The Bertz CT molecular complexity index is 1650. The van der Waals surface area contributed by atoms with Crippen molar-refractivity contribution in [2.45, 2.75) is 98.1 Å². The first kappa shape index (κ1) is 35.0. The van der Waals surface area contributed by atoms with Gasteiger partial charge in [-0.25, -0.2) is 0 Å². The first-order valence-corrected chi connectivity index (χ1v) is 15.5. The Labute approximate surface area is 272 Å². The average Bonchev–Trinajstić information content (AvgIpc) is 3.02. The number of aryl methyl sites for hydroxylation is 2. The molecule has 0 atom stereocenters. The normalized spacial score (nSPS) is 12.5. The van der Waals surface area contributed by atoms with Crippen LogP contribution in [0.4, 0.5) is 0 Å². The first-order chi connectivity index (χ1) is 21.4. The van der Waals surface area contributed by atoms with Crippen molar-refractivity contribution >= 4 is 0 Å². The SMILES string of the molecule is Cc1cc(C(C)(C)c2cc(C(C)(C)c3cc(C)c(O)c(CO)c3)cc(C(C)(C)c3cc(CO)c(O)c(CO)c3)c2)cc(CO)c1O. The molecule has 0 aliphatic heterocycles. The second-order valence-corrected chi connectivity index (χ2v) is 14.1. The predicted molar refractivity (Wildman–Crippen MR) is 180 cm³/mol. The molecule has 0 aliphatic carbocycles. The van der Waals surface area contributed by atoms with E-state index >= 15 is 0 Å². The Kier molecular flexibility index (Phi) is 9.68. The van der Waals surface area contributed by atoms with Gasteiger partial charge in [0.05, 0.1) is 26.4 Å². The van der Waals surface area contributed by atoms with Gasteiger partial charge in [0.1, 0.15) is 17.2 Å². The highest BCUT2D eigenvalue weighted by Crippen LogP contribution is 2.44. The number of benzene rings is 4. The standard InChI is InChI=1S/C39H48O7/c1-22-9-28(11-24(18-40)34(22)44)37(3,4)31-15-32(38(5,6)29-10-23(2)35(45)25(12-29)19-41)17-33(16-31)39(7,8)30-13-26(20-42)36(46)27(14-30)21-43/h9-17,40-46H,18-21H2,1-8H3. The maximum absolute atomic E-state index is 10.6. The molecule has 246 valence electrons. The van der Waals surface area contributed by atoms with Crippen LogP contribution in [0.3, 0.4) is 0 Å². The number of aliphatic hydroxyl groups is 4. The van der Waals surface area contributed by atoms with Gasteiger partial charge in [-0.1, -0.05) is 71.9 Å². The van der Waals surface area contributed by atoms with E-state index in [4.69, 9.17) is 0 Å². The Balaban J connectivity index is 2.05. The first-order valence-electron chi connectivity index (χ1n) is 15.5. The van der Waals surface area contributed by atoms with Gasteiger partial charge in [-0.05, 0) is 82.6 Å². The summed E-state index contributed by atoms with van der Waals surface area (Å²) in [7, 11) is 0. The van der Waals surface area contributed by atoms with Gasteiger partial charge >= 0.3 is 0 Å². The zero-order valence-corrected chi connectivity index (χ0v) is 28.2. The van der Waals surface area contributed by atoms with Crippen LogP contribution in [0, 0.1) is 13.8 Å². The lowest BCUT2D eigenvalue weighted by atomic mass is 9.68.